The number of urea groups is 1. The Morgan fingerprint density at radius 2 is 1.88 bits per heavy atom. The molecule has 0 unspecified atom stereocenters. The monoisotopic (exact) mass is 354 g/mol. The van der Waals surface area contributed by atoms with E-state index in [9.17, 15) is 14.4 Å². The van der Waals surface area contributed by atoms with Crippen molar-refractivity contribution in [3.05, 3.63) is 29.8 Å². The fourth-order valence-electron chi connectivity index (χ4n) is 1.96. The number of amides is 2. The molecule has 1 aromatic rings. The van der Waals surface area contributed by atoms with Gasteiger partial charge in [0, 0.05) is 5.56 Å². The second-order valence-electron chi connectivity index (χ2n) is 5.01. The highest BCUT2D eigenvalue weighted by Gasteiger charge is 2.26. The van der Waals surface area contributed by atoms with E-state index in [1.54, 1.807) is 24.3 Å². The van der Waals surface area contributed by atoms with Gasteiger partial charge in [-0.15, -0.1) is 0 Å². The van der Waals surface area contributed by atoms with Crippen molar-refractivity contribution in [1.82, 2.24) is 5.32 Å². The molecular weight excluding hydrogens is 332 g/mol. The van der Waals surface area contributed by atoms with E-state index in [2.05, 4.69) is 5.32 Å². The zero-order chi connectivity index (χ0) is 18.1. The van der Waals surface area contributed by atoms with Crippen LogP contribution in [0.25, 0.3) is 0 Å². The summed E-state index contributed by atoms with van der Waals surface area (Å²) in [6.45, 7) is 1.49. The number of Topliss-reactive ketones (excluding diaryl/α,β-unsaturated/α-hetero) is 1. The number of nitrogens with one attached hydrogen (secondary N) is 1. The van der Waals surface area contributed by atoms with Crippen molar-refractivity contribution in [3.8, 4) is 5.75 Å². The van der Waals surface area contributed by atoms with E-state index in [1.165, 1.54) is 25.8 Å². The van der Waals surface area contributed by atoms with Crippen LogP contribution in [0.3, 0.4) is 0 Å². The van der Waals surface area contributed by atoms with Crippen molar-refractivity contribution < 1.29 is 23.9 Å². The predicted octanol–water partition coefficient (Wildman–Crippen LogP) is 1.60. The van der Waals surface area contributed by atoms with Crippen LogP contribution in [0.15, 0.2) is 24.3 Å². The highest BCUT2D eigenvalue weighted by molar-refractivity contribution is 7.98. The Balaban J connectivity index is 2.71. The maximum absolute atomic E-state index is 12.3. The Morgan fingerprint density at radius 1 is 1.25 bits per heavy atom. The molecule has 0 radical (unpaired) electrons. The molecule has 3 N–H and O–H groups in total. The zero-order valence-corrected chi connectivity index (χ0v) is 14.7. The second-order valence-corrected chi connectivity index (χ2v) is 6.00. The van der Waals surface area contributed by atoms with E-state index in [0.717, 1.165) is 0 Å². The Labute approximate surface area is 145 Å². The molecular formula is C16H22N2O5S. The van der Waals surface area contributed by atoms with Crippen molar-refractivity contribution in [2.75, 3.05) is 19.1 Å². The number of hydrogen-bond acceptors (Lipinski definition) is 6. The summed E-state index contributed by atoms with van der Waals surface area (Å²) in [6, 6.07) is 4.81. The molecule has 1 aromatic carbocycles. The molecule has 132 valence electrons. The van der Waals surface area contributed by atoms with Crippen LogP contribution in [0.1, 0.15) is 23.7 Å². The SMILES string of the molecule is COc1ccc(C(=O)[C@@H](C)OC(=O)[C@@H](CCSC)NC(N)=O)cc1. The third kappa shape index (κ3) is 6.11. The first-order chi connectivity index (χ1) is 11.4. The molecule has 0 aliphatic heterocycles. The molecule has 8 heteroatoms. The number of primary amides is 1. The van der Waals surface area contributed by atoms with Crippen molar-refractivity contribution in [2.24, 2.45) is 5.73 Å². The molecule has 0 aromatic heterocycles. The van der Waals surface area contributed by atoms with Gasteiger partial charge in [-0.2, -0.15) is 11.8 Å². The maximum Gasteiger partial charge on any atom is 0.329 e. The van der Waals surface area contributed by atoms with Gasteiger partial charge >= 0.3 is 12.0 Å². The van der Waals surface area contributed by atoms with Crippen LogP contribution in [-0.4, -0.2) is 49.0 Å². The third-order valence-electron chi connectivity index (χ3n) is 3.25. The maximum atomic E-state index is 12.3. The number of hydrogen-bond donors (Lipinski definition) is 2. The molecule has 0 aliphatic carbocycles. The van der Waals surface area contributed by atoms with E-state index in [0.29, 0.717) is 23.5 Å². The second kappa shape index (κ2) is 9.82. The number of thioether (sulfide) groups is 1. The molecule has 0 saturated carbocycles. The summed E-state index contributed by atoms with van der Waals surface area (Å²) in [4.78, 5) is 35.5. The van der Waals surface area contributed by atoms with E-state index in [4.69, 9.17) is 15.2 Å². The van der Waals surface area contributed by atoms with Gasteiger partial charge in [0.05, 0.1) is 7.11 Å². The lowest BCUT2D eigenvalue weighted by molar-refractivity contribution is -0.148. The Bertz CT molecular complexity index is 576. The molecule has 7 nitrogen and oxygen atoms in total. The number of ether oxygens (including phenoxy) is 2. The first kappa shape index (κ1) is 19.8. The van der Waals surface area contributed by atoms with Gasteiger partial charge in [0.2, 0.25) is 5.78 Å². The average molecular weight is 354 g/mol. The van der Waals surface area contributed by atoms with Crippen LogP contribution in [-0.2, 0) is 9.53 Å². The summed E-state index contributed by atoms with van der Waals surface area (Å²) < 4.78 is 10.2. The molecule has 2 amide bonds. The third-order valence-corrected chi connectivity index (χ3v) is 3.89. The fourth-order valence-corrected chi connectivity index (χ4v) is 2.43. The lowest BCUT2D eigenvalue weighted by Crippen LogP contribution is -2.46. The lowest BCUT2D eigenvalue weighted by Gasteiger charge is -2.19. The molecule has 0 heterocycles. The Morgan fingerprint density at radius 3 is 2.38 bits per heavy atom. The smallest absolute Gasteiger partial charge is 0.329 e. The number of esters is 1. The van der Waals surface area contributed by atoms with Crippen molar-refractivity contribution in [2.45, 2.75) is 25.5 Å². The number of ketones is 1. The molecule has 0 spiro atoms. The normalized spacial score (nSPS) is 12.8. The van der Waals surface area contributed by atoms with Crippen molar-refractivity contribution >= 4 is 29.5 Å². The predicted molar refractivity (Wildman–Crippen MR) is 92.4 cm³/mol. The van der Waals surface area contributed by atoms with Gasteiger partial charge in [-0.05, 0) is 49.6 Å². The highest BCUT2D eigenvalue weighted by atomic mass is 32.2. The topological polar surface area (TPSA) is 108 Å². The van der Waals surface area contributed by atoms with Gasteiger partial charge in [-0.3, -0.25) is 4.79 Å². The number of carbonyl (C=O) groups is 3. The fraction of sp³-hybridized carbons (Fsp3) is 0.438. The number of methoxy groups -OCH3 is 1. The highest BCUT2D eigenvalue weighted by Crippen LogP contribution is 2.14. The standard InChI is InChI=1S/C16H22N2O5S/c1-10(14(19)11-4-6-12(22-2)7-5-11)23-15(20)13(8-9-24-3)18-16(17)21/h4-7,10,13H,8-9H2,1-3H3,(H3,17,18,21)/t10-,13-/m1/s1. The summed E-state index contributed by atoms with van der Waals surface area (Å²) in [6.07, 6.45) is 1.27. The van der Waals surface area contributed by atoms with Gasteiger partial charge in [0.25, 0.3) is 0 Å². The number of rotatable bonds is 9. The minimum absolute atomic E-state index is 0.339. The van der Waals surface area contributed by atoms with E-state index in [1.807, 2.05) is 6.26 Å². The van der Waals surface area contributed by atoms with Crippen molar-refractivity contribution in [1.29, 1.82) is 0 Å². The average Bonchev–Trinajstić information content (AvgIpc) is 2.57. The van der Waals surface area contributed by atoms with E-state index < -0.39 is 24.1 Å². The van der Waals surface area contributed by atoms with Crippen LogP contribution >= 0.6 is 11.8 Å². The minimum atomic E-state index is -0.975. The summed E-state index contributed by atoms with van der Waals surface area (Å²) >= 11 is 1.52. The van der Waals surface area contributed by atoms with Gasteiger partial charge in [0.15, 0.2) is 6.10 Å². The molecule has 24 heavy (non-hydrogen) atoms. The largest absolute Gasteiger partial charge is 0.497 e. The first-order valence-electron chi connectivity index (χ1n) is 7.32. The molecule has 0 fully saturated rings. The summed E-state index contributed by atoms with van der Waals surface area (Å²) in [7, 11) is 1.53. The van der Waals surface area contributed by atoms with Crippen LogP contribution in [0.5, 0.6) is 5.75 Å². The van der Waals surface area contributed by atoms with Gasteiger partial charge < -0.3 is 20.5 Å². The molecule has 0 aliphatic rings. The first-order valence-corrected chi connectivity index (χ1v) is 8.72. The summed E-state index contributed by atoms with van der Waals surface area (Å²) in [5.74, 6) is 0.241. The number of benzene rings is 1. The Kier molecular flexibility index (Phi) is 8.11. The summed E-state index contributed by atoms with van der Waals surface area (Å²) in [5, 5.41) is 2.34. The van der Waals surface area contributed by atoms with Gasteiger partial charge in [-0.25, -0.2) is 9.59 Å². The van der Waals surface area contributed by atoms with Crippen LogP contribution < -0.4 is 15.8 Å². The van der Waals surface area contributed by atoms with E-state index in [-0.39, 0.29) is 5.78 Å². The lowest BCUT2D eigenvalue weighted by atomic mass is 10.1. The minimum Gasteiger partial charge on any atom is -0.497 e. The molecule has 2 atom stereocenters. The van der Waals surface area contributed by atoms with Crippen LogP contribution in [0.4, 0.5) is 4.79 Å². The molecule has 0 bridgehead atoms. The van der Waals surface area contributed by atoms with Crippen LogP contribution in [0.2, 0.25) is 0 Å². The number of nitrogens with two attached hydrogens (primary N) is 1. The number of carbonyl (C=O) groups excluding carboxylic acids is 3. The summed E-state index contributed by atoms with van der Waals surface area (Å²) in [5.41, 5.74) is 5.47. The Hall–Kier alpha value is -2.22. The van der Waals surface area contributed by atoms with Gasteiger partial charge in [-0.1, -0.05) is 0 Å². The van der Waals surface area contributed by atoms with Gasteiger partial charge in [0.1, 0.15) is 11.8 Å². The van der Waals surface area contributed by atoms with Crippen molar-refractivity contribution in [3.63, 3.8) is 0 Å². The molecule has 0 saturated heterocycles. The zero-order valence-electron chi connectivity index (χ0n) is 13.9. The molecule has 1 rings (SSSR count). The van der Waals surface area contributed by atoms with E-state index >= 15 is 0 Å². The quantitative estimate of drug-likeness (QED) is 0.515. The van der Waals surface area contributed by atoms with Crippen LogP contribution in [0, 0.1) is 0 Å².